The first-order valence-electron chi connectivity index (χ1n) is 7.29. The van der Waals surface area contributed by atoms with E-state index in [4.69, 9.17) is 0 Å². The molecular weight excluding hydrogens is 353 g/mol. The second-order valence-electron chi connectivity index (χ2n) is 5.75. The molecule has 0 saturated carbocycles. The van der Waals surface area contributed by atoms with Gasteiger partial charge < -0.3 is 0 Å². The van der Waals surface area contributed by atoms with Gasteiger partial charge in [-0.05, 0) is 36.2 Å². The molecule has 1 aliphatic rings. The van der Waals surface area contributed by atoms with Crippen LogP contribution in [0.25, 0.3) is 0 Å². The summed E-state index contributed by atoms with van der Waals surface area (Å²) in [6.45, 7) is 1.58. The number of rotatable bonds is 4. The molecule has 128 valence electrons. The van der Waals surface area contributed by atoms with E-state index in [1.807, 2.05) is 0 Å². The molecule has 0 fully saturated rings. The summed E-state index contributed by atoms with van der Waals surface area (Å²) >= 11 is 0. The Kier molecular flexibility index (Phi) is 4.23. The molecule has 0 radical (unpaired) electrons. The van der Waals surface area contributed by atoms with Crippen molar-refractivity contribution in [2.24, 2.45) is 0 Å². The van der Waals surface area contributed by atoms with Gasteiger partial charge in [-0.1, -0.05) is 30.3 Å². The van der Waals surface area contributed by atoms with Crippen LogP contribution in [0.15, 0.2) is 53.4 Å². The Labute approximate surface area is 140 Å². The second kappa shape index (κ2) is 5.94. The summed E-state index contributed by atoms with van der Waals surface area (Å²) in [5, 5.41) is -1.17. The Hall–Kier alpha value is -1.77. The molecular formula is C16H16FNO4S2. The van der Waals surface area contributed by atoms with Gasteiger partial charge in [0.05, 0.1) is 10.6 Å². The van der Waals surface area contributed by atoms with Crippen LogP contribution >= 0.6 is 0 Å². The lowest BCUT2D eigenvalue weighted by Crippen LogP contribution is -2.32. The molecule has 1 heterocycles. The number of benzene rings is 2. The molecule has 0 aromatic heterocycles. The number of sulfone groups is 1. The fourth-order valence-corrected chi connectivity index (χ4v) is 7.11. The van der Waals surface area contributed by atoms with Crippen molar-refractivity contribution in [1.82, 2.24) is 4.72 Å². The lowest BCUT2D eigenvalue weighted by Gasteiger charge is -2.18. The summed E-state index contributed by atoms with van der Waals surface area (Å²) in [5.41, 5.74) is 0.740. The lowest BCUT2D eigenvalue weighted by molar-refractivity contribution is 0.554. The fraction of sp³-hybridized carbons (Fsp3) is 0.250. The van der Waals surface area contributed by atoms with E-state index in [1.165, 1.54) is 30.3 Å². The highest BCUT2D eigenvalue weighted by atomic mass is 32.2. The zero-order chi connectivity index (χ0) is 17.5. The van der Waals surface area contributed by atoms with Gasteiger partial charge in [0.15, 0.2) is 9.84 Å². The number of nitrogens with one attached hydrogen (secondary N) is 1. The summed E-state index contributed by atoms with van der Waals surface area (Å²) in [5.74, 6) is -0.954. The summed E-state index contributed by atoms with van der Waals surface area (Å²) in [7, 11) is -7.58. The minimum atomic E-state index is -3.96. The molecule has 0 aliphatic carbocycles. The number of fused-ring (bicyclic) bond motifs is 1. The standard InChI is InChI=1S/C16H16FNO4S2/c1-11(12-5-4-6-13(17)9-12)18-24(21,22)16-10-23(19,20)15-8-3-2-7-14(15)16/h2-9,11,16,18H,10H2,1H3/t11-,16-/m0/s1. The fourth-order valence-electron chi connectivity index (χ4n) is 2.84. The van der Waals surface area contributed by atoms with E-state index in [0.717, 1.165) is 0 Å². The Morgan fingerprint density at radius 2 is 1.88 bits per heavy atom. The third kappa shape index (κ3) is 3.09. The maximum absolute atomic E-state index is 13.3. The molecule has 1 aliphatic heterocycles. The molecule has 2 atom stereocenters. The predicted octanol–water partition coefficient (Wildman–Crippen LogP) is 2.33. The van der Waals surface area contributed by atoms with E-state index in [-0.39, 0.29) is 10.5 Å². The number of halogens is 1. The molecule has 0 unspecified atom stereocenters. The van der Waals surface area contributed by atoms with E-state index in [2.05, 4.69) is 4.72 Å². The van der Waals surface area contributed by atoms with Crippen LogP contribution in [0.1, 0.15) is 29.3 Å². The molecule has 0 spiro atoms. The highest BCUT2D eigenvalue weighted by Gasteiger charge is 2.42. The van der Waals surface area contributed by atoms with Crippen LogP contribution < -0.4 is 4.72 Å². The average molecular weight is 369 g/mol. The quantitative estimate of drug-likeness (QED) is 0.897. The first-order chi connectivity index (χ1) is 11.2. The largest absolute Gasteiger partial charge is 0.224 e. The number of hydrogen-bond donors (Lipinski definition) is 1. The monoisotopic (exact) mass is 369 g/mol. The number of sulfonamides is 1. The van der Waals surface area contributed by atoms with Crippen molar-refractivity contribution in [1.29, 1.82) is 0 Å². The maximum atomic E-state index is 13.3. The summed E-state index contributed by atoms with van der Waals surface area (Å²) < 4.78 is 65.5. The van der Waals surface area contributed by atoms with Gasteiger partial charge in [-0.2, -0.15) is 0 Å². The topological polar surface area (TPSA) is 80.3 Å². The highest BCUT2D eigenvalue weighted by molar-refractivity contribution is 7.95. The van der Waals surface area contributed by atoms with E-state index in [0.29, 0.717) is 5.56 Å². The number of hydrogen-bond acceptors (Lipinski definition) is 4. The molecule has 0 bridgehead atoms. The molecule has 8 heteroatoms. The van der Waals surface area contributed by atoms with Crippen LogP contribution in [0, 0.1) is 5.82 Å². The summed E-state index contributed by atoms with van der Waals surface area (Å²) in [4.78, 5) is 0.0544. The third-order valence-corrected chi connectivity index (χ3v) is 7.91. The van der Waals surface area contributed by atoms with Crippen molar-refractivity contribution in [2.45, 2.75) is 23.1 Å². The Morgan fingerprint density at radius 3 is 2.58 bits per heavy atom. The van der Waals surface area contributed by atoms with Crippen molar-refractivity contribution in [2.75, 3.05) is 5.75 Å². The van der Waals surface area contributed by atoms with Crippen LogP contribution in [0.2, 0.25) is 0 Å². The minimum Gasteiger partial charge on any atom is -0.224 e. The Morgan fingerprint density at radius 1 is 1.17 bits per heavy atom. The van der Waals surface area contributed by atoms with Gasteiger partial charge in [0.1, 0.15) is 11.1 Å². The zero-order valence-electron chi connectivity index (χ0n) is 12.8. The Balaban J connectivity index is 1.92. The van der Waals surface area contributed by atoms with Crippen molar-refractivity contribution in [3.63, 3.8) is 0 Å². The van der Waals surface area contributed by atoms with Crippen LogP contribution in [0.4, 0.5) is 4.39 Å². The van der Waals surface area contributed by atoms with Gasteiger partial charge in [0, 0.05) is 6.04 Å². The van der Waals surface area contributed by atoms with E-state index < -0.39 is 42.7 Å². The zero-order valence-corrected chi connectivity index (χ0v) is 14.4. The van der Waals surface area contributed by atoms with Crippen molar-refractivity contribution in [3.8, 4) is 0 Å². The first kappa shape index (κ1) is 17.1. The van der Waals surface area contributed by atoms with Crippen molar-refractivity contribution >= 4 is 19.9 Å². The van der Waals surface area contributed by atoms with Gasteiger partial charge in [0.25, 0.3) is 0 Å². The minimum absolute atomic E-state index is 0.0544. The summed E-state index contributed by atoms with van der Waals surface area (Å²) in [6, 6.07) is 11.0. The normalized spacial score (nSPS) is 20.5. The first-order valence-corrected chi connectivity index (χ1v) is 10.5. The summed E-state index contributed by atoms with van der Waals surface area (Å²) in [6.07, 6.45) is 0. The van der Waals surface area contributed by atoms with Crippen molar-refractivity contribution in [3.05, 3.63) is 65.5 Å². The van der Waals surface area contributed by atoms with Gasteiger partial charge in [0.2, 0.25) is 10.0 Å². The second-order valence-corrected chi connectivity index (χ2v) is 9.64. The van der Waals surface area contributed by atoms with Crippen LogP contribution in [0.3, 0.4) is 0 Å². The highest BCUT2D eigenvalue weighted by Crippen LogP contribution is 2.38. The molecule has 5 nitrogen and oxygen atoms in total. The van der Waals surface area contributed by atoms with Crippen LogP contribution in [-0.4, -0.2) is 22.6 Å². The smallest absolute Gasteiger partial charge is 0.220 e. The molecule has 0 amide bonds. The van der Waals surface area contributed by atoms with Gasteiger partial charge in [-0.15, -0.1) is 0 Å². The van der Waals surface area contributed by atoms with Crippen LogP contribution in [0.5, 0.6) is 0 Å². The average Bonchev–Trinajstić information content (AvgIpc) is 2.80. The SMILES string of the molecule is C[C@H](NS(=O)(=O)[C@H]1CS(=O)(=O)c2ccccc21)c1cccc(F)c1. The lowest BCUT2D eigenvalue weighted by atomic mass is 10.1. The molecule has 2 aromatic carbocycles. The predicted molar refractivity (Wildman–Crippen MR) is 88.1 cm³/mol. The van der Waals surface area contributed by atoms with E-state index in [9.17, 15) is 21.2 Å². The van der Waals surface area contributed by atoms with Gasteiger partial charge >= 0.3 is 0 Å². The van der Waals surface area contributed by atoms with E-state index in [1.54, 1.807) is 25.1 Å². The molecule has 24 heavy (non-hydrogen) atoms. The van der Waals surface area contributed by atoms with Gasteiger partial charge in [-0.3, -0.25) is 0 Å². The maximum Gasteiger partial charge on any atom is 0.220 e. The molecule has 2 aromatic rings. The molecule has 3 rings (SSSR count). The Bertz CT molecular complexity index is 987. The molecule has 0 saturated heterocycles. The van der Waals surface area contributed by atoms with E-state index >= 15 is 0 Å². The third-order valence-electron chi connectivity index (χ3n) is 4.04. The van der Waals surface area contributed by atoms with Crippen molar-refractivity contribution < 1.29 is 21.2 Å². The van der Waals surface area contributed by atoms with Gasteiger partial charge in [-0.25, -0.2) is 25.9 Å². The molecule has 1 N–H and O–H groups in total. The van der Waals surface area contributed by atoms with Crippen LogP contribution in [-0.2, 0) is 19.9 Å².